The van der Waals surface area contributed by atoms with Gasteiger partial charge in [-0.3, -0.25) is 0 Å². The number of hydrogen-bond acceptors (Lipinski definition) is 2. The van der Waals surface area contributed by atoms with Crippen LogP contribution < -0.4 is 0 Å². The topological polar surface area (TPSA) is 0 Å². The van der Waals surface area contributed by atoms with Gasteiger partial charge in [0.2, 0.25) is 0 Å². The van der Waals surface area contributed by atoms with Crippen molar-refractivity contribution in [3.05, 3.63) is 10.8 Å². The van der Waals surface area contributed by atoms with Crippen molar-refractivity contribution in [1.29, 1.82) is 0 Å². The van der Waals surface area contributed by atoms with E-state index >= 15 is 0 Å². The average Bonchev–Trinajstić information content (AvgIpc) is 1.61. The first-order valence-corrected chi connectivity index (χ1v) is 4.20. The van der Waals surface area contributed by atoms with Crippen LogP contribution in [0.4, 0.5) is 0 Å². The number of hydrogen-bond donors (Lipinski definition) is 0. The maximum absolute atomic E-state index is 2.06. The summed E-state index contributed by atoms with van der Waals surface area (Å²) >= 11 is 3.45. The van der Waals surface area contributed by atoms with Crippen LogP contribution in [0.5, 0.6) is 0 Å². The molecule has 0 aromatic rings. The van der Waals surface area contributed by atoms with Gasteiger partial charge in [0, 0.05) is 0 Å². The predicted molar refractivity (Wildman–Crippen MR) is 36.2 cm³/mol. The monoisotopic (exact) mass is 120 g/mol. The Balaban J connectivity index is 2.73. The Hall–Kier alpha value is 0.440. The van der Waals surface area contributed by atoms with Crippen molar-refractivity contribution in [1.82, 2.24) is 0 Å². The zero-order valence-electron chi connectivity index (χ0n) is 3.97. The van der Waals surface area contributed by atoms with Gasteiger partial charge in [-0.2, -0.15) is 0 Å². The molecule has 0 rings (SSSR count). The SMILES string of the molecule is CSC=CSC. The van der Waals surface area contributed by atoms with Crippen molar-refractivity contribution in [2.45, 2.75) is 0 Å². The molecule has 0 aromatic heterocycles. The molecule has 6 heavy (non-hydrogen) atoms. The molecule has 2 heteroatoms. The summed E-state index contributed by atoms with van der Waals surface area (Å²) in [6.45, 7) is 0. The molecule has 0 aliphatic rings. The lowest BCUT2D eigenvalue weighted by Gasteiger charge is -1.73. The Morgan fingerprint density at radius 1 is 1.00 bits per heavy atom. The maximum Gasteiger partial charge on any atom is -0.0142 e. The van der Waals surface area contributed by atoms with Crippen molar-refractivity contribution < 1.29 is 0 Å². The first-order chi connectivity index (χ1) is 2.91. The summed E-state index contributed by atoms with van der Waals surface area (Å²) in [7, 11) is 0. The van der Waals surface area contributed by atoms with Crippen LogP contribution in [0.15, 0.2) is 10.8 Å². The van der Waals surface area contributed by atoms with Gasteiger partial charge in [-0.1, -0.05) is 0 Å². The molecule has 0 nitrogen and oxygen atoms in total. The minimum Gasteiger partial charge on any atom is -0.137 e. The molecular weight excluding hydrogens is 112 g/mol. The molecule has 0 aromatic carbocycles. The van der Waals surface area contributed by atoms with Gasteiger partial charge in [0.1, 0.15) is 0 Å². The van der Waals surface area contributed by atoms with E-state index < -0.39 is 0 Å². The second kappa shape index (κ2) is 5.44. The summed E-state index contributed by atoms with van der Waals surface area (Å²) < 4.78 is 0. The Bertz CT molecular complexity index is 34.8. The van der Waals surface area contributed by atoms with Crippen molar-refractivity contribution in [3.63, 3.8) is 0 Å². The molecule has 0 aliphatic heterocycles. The van der Waals surface area contributed by atoms with Crippen molar-refractivity contribution in [2.75, 3.05) is 12.5 Å². The Labute approximate surface area is 47.4 Å². The lowest BCUT2D eigenvalue weighted by Crippen LogP contribution is -1.39. The van der Waals surface area contributed by atoms with Crippen molar-refractivity contribution >= 4 is 23.5 Å². The third-order valence-corrected chi connectivity index (χ3v) is 1.32. The first-order valence-electron chi connectivity index (χ1n) is 1.62. The zero-order chi connectivity index (χ0) is 4.83. The summed E-state index contributed by atoms with van der Waals surface area (Å²) in [4.78, 5) is 0. The average molecular weight is 120 g/mol. The molecular formula is C4H8S2. The quantitative estimate of drug-likeness (QED) is 0.548. The molecule has 0 unspecified atom stereocenters. The summed E-state index contributed by atoms with van der Waals surface area (Å²) in [6, 6.07) is 0. The van der Waals surface area contributed by atoms with Gasteiger partial charge in [0.25, 0.3) is 0 Å². The highest BCUT2D eigenvalue weighted by Crippen LogP contribution is 1.99. The van der Waals surface area contributed by atoms with Crippen LogP contribution in [0, 0.1) is 0 Å². The van der Waals surface area contributed by atoms with Gasteiger partial charge in [-0.15, -0.1) is 23.5 Å². The van der Waals surface area contributed by atoms with E-state index in [1.54, 1.807) is 23.5 Å². The molecule has 0 fully saturated rings. The first kappa shape index (κ1) is 6.44. The van der Waals surface area contributed by atoms with Gasteiger partial charge in [-0.25, -0.2) is 0 Å². The smallest absolute Gasteiger partial charge is 0.0142 e. The molecule has 0 amide bonds. The van der Waals surface area contributed by atoms with E-state index in [1.165, 1.54) is 0 Å². The summed E-state index contributed by atoms with van der Waals surface area (Å²) in [5, 5.41) is 4.12. The van der Waals surface area contributed by atoms with Crippen LogP contribution in [0.2, 0.25) is 0 Å². The highest BCUT2D eigenvalue weighted by atomic mass is 32.2. The fourth-order valence-electron chi connectivity index (χ4n) is 0.111. The molecule has 0 saturated heterocycles. The third kappa shape index (κ3) is 4.44. The number of rotatable bonds is 2. The normalized spacial score (nSPS) is 10.3. The Kier molecular flexibility index (Phi) is 5.84. The minimum absolute atomic E-state index is 1.72. The van der Waals surface area contributed by atoms with Crippen LogP contribution in [0.25, 0.3) is 0 Å². The van der Waals surface area contributed by atoms with Gasteiger partial charge in [-0.05, 0) is 23.3 Å². The second-order valence-corrected chi connectivity index (χ2v) is 2.23. The van der Waals surface area contributed by atoms with E-state index in [-0.39, 0.29) is 0 Å². The third-order valence-electron chi connectivity index (χ3n) is 0.328. The Morgan fingerprint density at radius 2 is 1.33 bits per heavy atom. The fourth-order valence-corrected chi connectivity index (χ4v) is 1.00. The molecule has 0 radical (unpaired) electrons. The van der Waals surface area contributed by atoms with Crippen LogP contribution in [-0.2, 0) is 0 Å². The fraction of sp³-hybridized carbons (Fsp3) is 0.500. The van der Waals surface area contributed by atoms with Gasteiger partial charge in [0.15, 0.2) is 0 Å². The van der Waals surface area contributed by atoms with Crippen LogP contribution in [-0.4, -0.2) is 12.5 Å². The minimum atomic E-state index is 1.72. The maximum atomic E-state index is 2.06. The van der Waals surface area contributed by atoms with Crippen molar-refractivity contribution in [2.24, 2.45) is 0 Å². The van der Waals surface area contributed by atoms with Crippen LogP contribution in [0.1, 0.15) is 0 Å². The predicted octanol–water partition coefficient (Wildman–Crippen LogP) is 2.18. The van der Waals surface area contributed by atoms with Crippen LogP contribution >= 0.6 is 23.5 Å². The highest BCUT2D eigenvalue weighted by molar-refractivity contribution is 8.04. The summed E-state index contributed by atoms with van der Waals surface area (Å²) in [6.07, 6.45) is 4.10. The standard InChI is InChI=1S/C4H8S2/c1-5-3-4-6-2/h3-4H,1-2H3. The van der Waals surface area contributed by atoms with Gasteiger partial charge < -0.3 is 0 Å². The molecule has 0 saturated carbocycles. The van der Waals surface area contributed by atoms with Gasteiger partial charge in [0.05, 0.1) is 0 Å². The van der Waals surface area contributed by atoms with E-state index in [9.17, 15) is 0 Å². The zero-order valence-corrected chi connectivity index (χ0v) is 5.60. The molecule has 0 spiro atoms. The molecule has 0 bridgehead atoms. The lowest BCUT2D eigenvalue weighted by atomic mass is 11.3. The van der Waals surface area contributed by atoms with Crippen molar-refractivity contribution in [3.8, 4) is 0 Å². The largest absolute Gasteiger partial charge is 0.137 e. The lowest BCUT2D eigenvalue weighted by molar-refractivity contribution is 2.39. The van der Waals surface area contributed by atoms with E-state index in [1.807, 2.05) is 12.5 Å². The van der Waals surface area contributed by atoms with E-state index in [4.69, 9.17) is 0 Å². The summed E-state index contributed by atoms with van der Waals surface area (Å²) in [5.41, 5.74) is 0. The van der Waals surface area contributed by atoms with E-state index in [0.29, 0.717) is 0 Å². The number of thioether (sulfide) groups is 2. The highest BCUT2D eigenvalue weighted by Gasteiger charge is 1.59. The van der Waals surface area contributed by atoms with E-state index in [2.05, 4.69) is 10.8 Å². The van der Waals surface area contributed by atoms with Gasteiger partial charge >= 0.3 is 0 Å². The molecule has 0 N–H and O–H groups in total. The molecule has 0 aliphatic carbocycles. The summed E-state index contributed by atoms with van der Waals surface area (Å²) in [5.74, 6) is 0. The molecule has 36 valence electrons. The molecule has 0 atom stereocenters. The molecule has 0 heterocycles. The second-order valence-electron chi connectivity index (χ2n) is 0.744. The van der Waals surface area contributed by atoms with Crippen LogP contribution in [0.3, 0.4) is 0 Å². The Morgan fingerprint density at radius 3 is 1.50 bits per heavy atom. The van der Waals surface area contributed by atoms with E-state index in [0.717, 1.165) is 0 Å².